The van der Waals surface area contributed by atoms with Gasteiger partial charge in [0.05, 0.1) is 6.26 Å². The molecule has 0 aliphatic carbocycles. The molecule has 1 unspecified atom stereocenters. The first kappa shape index (κ1) is 13.8. The van der Waals surface area contributed by atoms with Crippen molar-refractivity contribution < 1.29 is 29.0 Å². The fourth-order valence-electron chi connectivity index (χ4n) is 1.35. The minimum atomic E-state index is -1.21. The Bertz CT molecular complexity index is 425. The van der Waals surface area contributed by atoms with Gasteiger partial charge in [0.1, 0.15) is 6.04 Å². The number of amides is 1. The largest absolute Gasteiger partial charge is 0.481 e. The summed E-state index contributed by atoms with van der Waals surface area (Å²) in [5.74, 6) is -2.83. The van der Waals surface area contributed by atoms with Crippen molar-refractivity contribution in [2.45, 2.75) is 25.3 Å². The lowest BCUT2D eigenvalue weighted by atomic mass is 10.1. The third-order valence-corrected chi connectivity index (χ3v) is 2.23. The molecule has 3 N–H and O–H groups in total. The molecule has 1 amide bonds. The first-order chi connectivity index (χ1) is 8.50. The molecule has 0 bridgehead atoms. The van der Waals surface area contributed by atoms with E-state index < -0.39 is 23.9 Å². The van der Waals surface area contributed by atoms with E-state index in [0.717, 1.165) is 0 Å². The molecule has 7 heteroatoms. The van der Waals surface area contributed by atoms with Gasteiger partial charge in [0, 0.05) is 6.42 Å². The van der Waals surface area contributed by atoms with Crippen LogP contribution >= 0.6 is 0 Å². The highest BCUT2D eigenvalue weighted by molar-refractivity contribution is 5.94. The molecule has 0 aromatic carbocycles. The Kier molecular flexibility index (Phi) is 4.91. The van der Waals surface area contributed by atoms with Crippen LogP contribution in [0.3, 0.4) is 0 Å². The van der Waals surface area contributed by atoms with Crippen LogP contribution in [-0.4, -0.2) is 34.1 Å². The van der Waals surface area contributed by atoms with Gasteiger partial charge < -0.3 is 19.9 Å². The minimum Gasteiger partial charge on any atom is -0.481 e. The average molecular weight is 255 g/mol. The van der Waals surface area contributed by atoms with E-state index in [1.54, 1.807) is 0 Å². The zero-order valence-electron chi connectivity index (χ0n) is 9.46. The number of furan rings is 1. The number of hydrogen-bond acceptors (Lipinski definition) is 4. The van der Waals surface area contributed by atoms with Gasteiger partial charge in [-0.05, 0) is 25.0 Å². The zero-order valence-corrected chi connectivity index (χ0v) is 9.46. The molecule has 0 aliphatic heterocycles. The Morgan fingerprint density at radius 2 is 2.06 bits per heavy atom. The number of rotatable bonds is 7. The van der Waals surface area contributed by atoms with Crippen molar-refractivity contribution in [1.29, 1.82) is 0 Å². The summed E-state index contributed by atoms with van der Waals surface area (Å²) in [6, 6.07) is 1.79. The van der Waals surface area contributed by atoms with Gasteiger partial charge in [0.2, 0.25) is 0 Å². The van der Waals surface area contributed by atoms with Crippen molar-refractivity contribution in [2.75, 3.05) is 0 Å². The highest BCUT2D eigenvalue weighted by atomic mass is 16.4. The van der Waals surface area contributed by atoms with Crippen LogP contribution in [-0.2, 0) is 9.59 Å². The van der Waals surface area contributed by atoms with Gasteiger partial charge in [-0.1, -0.05) is 0 Å². The Balaban J connectivity index is 2.50. The van der Waals surface area contributed by atoms with Gasteiger partial charge in [0.15, 0.2) is 5.76 Å². The van der Waals surface area contributed by atoms with E-state index in [4.69, 9.17) is 14.6 Å². The monoisotopic (exact) mass is 255 g/mol. The summed E-state index contributed by atoms with van der Waals surface area (Å²) < 4.78 is 4.82. The number of carbonyl (C=O) groups excluding carboxylic acids is 1. The molecule has 0 saturated heterocycles. The number of hydrogen-bond donors (Lipinski definition) is 3. The van der Waals surface area contributed by atoms with Gasteiger partial charge in [0.25, 0.3) is 5.91 Å². The van der Waals surface area contributed by atoms with Crippen LogP contribution in [0.4, 0.5) is 0 Å². The summed E-state index contributed by atoms with van der Waals surface area (Å²) in [5.41, 5.74) is 0. The highest BCUT2D eigenvalue weighted by Crippen LogP contribution is 2.05. The first-order valence-corrected chi connectivity index (χ1v) is 5.29. The van der Waals surface area contributed by atoms with Crippen molar-refractivity contribution >= 4 is 17.8 Å². The standard InChI is InChI=1S/C11H13NO6/c13-9(14)5-1-3-7(11(16)17)12-10(15)8-4-2-6-18-8/h2,4,6-7H,1,3,5H2,(H,12,15)(H,13,14)(H,16,17). The summed E-state index contributed by atoms with van der Waals surface area (Å²) in [5, 5.41) is 19.6. The van der Waals surface area contributed by atoms with Gasteiger partial charge in [-0.15, -0.1) is 0 Å². The van der Waals surface area contributed by atoms with Crippen LogP contribution in [0.5, 0.6) is 0 Å². The highest BCUT2D eigenvalue weighted by Gasteiger charge is 2.21. The Morgan fingerprint density at radius 1 is 1.33 bits per heavy atom. The fraction of sp³-hybridized carbons (Fsp3) is 0.364. The zero-order chi connectivity index (χ0) is 13.5. The number of nitrogens with one attached hydrogen (secondary N) is 1. The maximum absolute atomic E-state index is 11.5. The molecular formula is C11H13NO6. The van der Waals surface area contributed by atoms with Gasteiger partial charge in [-0.3, -0.25) is 9.59 Å². The van der Waals surface area contributed by atoms with Gasteiger partial charge in [-0.25, -0.2) is 4.79 Å². The third-order valence-electron chi connectivity index (χ3n) is 2.23. The second-order valence-corrected chi connectivity index (χ2v) is 3.63. The van der Waals surface area contributed by atoms with Crippen molar-refractivity contribution in [3.8, 4) is 0 Å². The minimum absolute atomic E-state index is 0.0134. The molecule has 0 spiro atoms. The maximum Gasteiger partial charge on any atom is 0.326 e. The molecule has 1 atom stereocenters. The number of carboxylic acid groups (broad SMARTS) is 2. The Hall–Kier alpha value is -2.31. The molecule has 98 valence electrons. The Labute approximate surface area is 102 Å². The number of carbonyl (C=O) groups is 3. The third kappa shape index (κ3) is 4.28. The molecule has 1 aromatic heterocycles. The van der Waals surface area contributed by atoms with E-state index in [1.807, 2.05) is 0 Å². The second kappa shape index (κ2) is 6.43. The number of carboxylic acids is 2. The smallest absolute Gasteiger partial charge is 0.326 e. The van der Waals surface area contributed by atoms with Crippen LogP contribution in [0, 0.1) is 0 Å². The second-order valence-electron chi connectivity index (χ2n) is 3.63. The lowest BCUT2D eigenvalue weighted by molar-refractivity contribution is -0.140. The molecule has 1 heterocycles. The summed E-state index contributed by atoms with van der Waals surface area (Å²) in [4.78, 5) is 32.7. The molecule has 1 aromatic rings. The molecule has 0 radical (unpaired) electrons. The summed E-state index contributed by atoms with van der Waals surface area (Å²) in [7, 11) is 0. The van der Waals surface area contributed by atoms with E-state index in [2.05, 4.69) is 5.32 Å². The SMILES string of the molecule is O=C(O)CCCC(NC(=O)c1ccco1)C(=O)O. The van der Waals surface area contributed by atoms with E-state index in [9.17, 15) is 14.4 Å². The summed E-state index contributed by atoms with van der Waals surface area (Å²) in [6.45, 7) is 0. The molecular weight excluding hydrogens is 242 g/mol. The molecule has 18 heavy (non-hydrogen) atoms. The quantitative estimate of drug-likeness (QED) is 0.660. The lowest BCUT2D eigenvalue weighted by Gasteiger charge is -2.12. The topological polar surface area (TPSA) is 117 Å². The van der Waals surface area contributed by atoms with Crippen LogP contribution in [0.25, 0.3) is 0 Å². The van der Waals surface area contributed by atoms with Gasteiger partial charge >= 0.3 is 11.9 Å². The Morgan fingerprint density at radius 3 is 2.56 bits per heavy atom. The van der Waals surface area contributed by atoms with Crippen molar-refractivity contribution in [3.63, 3.8) is 0 Å². The fourth-order valence-corrected chi connectivity index (χ4v) is 1.35. The lowest BCUT2D eigenvalue weighted by Crippen LogP contribution is -2.40. The molecule has 7 nitrogen and oxygen atoms in total. The number of aliphatic carboxylic acids is 2. The van der Waals surface area contributed by atoms with Crippen molar-refractivity contribution in [3.05, 3.63) is 24.2 Å². The summed E-state index contributed by atoms with van der Waals surface area (Å²) >= 11 is 0. The van der Waals surface area contributed by atoms with E-state index >= 15 is 0 Å². The van der Waals surface area contributed by atoms with Crippen LogP contribution in [0.15, 0.2) is 22.8 Å². The van der Waals surface area contributed by atoms with E-state index in [1.165, 1.54) is 18.4 Å². The predicted octanol–water partition coefficient (Wildman–Crippen LogP) is 0.718. The van der Waals surface area contributed by atoms with Crippen molar-refractivity contribution in [2.24, 2.45) is 0 Å². The molecule has 0 fully saturated rings. The van der Waals surface area contributed by atoms with Crippen LogP contribution in [0.1, 0.15) is 29.8 Å². The molecule has 0 saturated carbocycles. The van der Waals surface area contributed by atoms with Crippen LogP contribution in [0.2, 0.25) is 0 Å². The van der Waals surface area contributed by atoms with Crippen molar-refractivity contribution in [1.82, 2.24) is 5.32 Å². The predicted molar refractivity (Wildman–Crippen MR) is 59.1 cm³/mol. The normalized spacial score (nSPS) is 11.8. The van der Waals surface area contributed by atoms with E-state index in [0.29, 0.717) is 0 Å². The van der Waals surface area contributed by atoms with E-state index in [-0.39, 0.29) is 25.0 Å². The first-order valence-electron chi connectivity index (χ1n) is 5.29. The van der Waals surface area contributed by atoms with Crippen LogP contribution < -0.4 is 5.32 Å². The summed E-state index contributed by atoms with van der Waals surface area (Å²) in [6.07, 6.45) is 1.38. The maximum atomic E-state index is 11.5. The molecule has 0 aliphatic rings. The molecule has 1 rings (SSSR count). The van der Waals surface area contributed by atoms with Gasteiger partial charge in [-0.2, -0.15) is 0 Å². The average Bonchev–Trinajstić information content (AvgIpc) is 2.80.